The molecule has 1 aliphatic rings. The van der Waals surface area contributed by atoms with Crippen molar-refractivity contribution in [3.05, 3.63) is 41.9 Å². The van der Waals surface area contributed by atoms with E-state index in [0.29, 0.717) is 31.9 Å². The van der Waals surface area contributed by atoms with Crippen molar-refractivity contribution < 1.29 is 9.53 Å². The molecule has 0 unspecified atom stereocenters. The summed E-state index contributed by atoms with van der Waals surface area (Å²) >= 11 is 1.52. The summed E-state index contributed by atoms with van der Waals surface area (Å²) in [6.45, 7) is 2.56. The number of imidazole rings is 1. The number of ether oxygens (including phenoxy) is 1. The third-order valence-corrected chi connectivity index (χ3v) is 4.67. The summed E-state index contributed by atoms with van der Waals surface area (Å²) in [5.74, 6) is -0.0307. The standard InChI is InChI=1S/C15H17N5O2S/c21-14(13-11-19-6-8-23-15(19)17-13)18-4-2-7-22-12(9-18)10-20-5-1-3-16-20/h1,3,5-6,8,11-12H,2,4,7,9-10H2/t12-/m0/s1. The Morgan fingerprint density at radius 3 is 3.22 bits per heavy atom. The van der Waals surface area contributed by atoms with E-state index in [1.807, 2.05) is 37.8 Å². The van der Waals surface area contributed by atoms with Crippen LogP contribution >= 0.6 is 11.3 Å². The third-order valence-electron chi connectivity index (χ3n) is 3.90. The first-order chi connectivity index (χ1) is 11.3. The summed E-state index contributed by atoms with van der Waals surface area (Å²) in [6.07, 6.45) is 8.15. The average molecular weight is 331 g/mol. The van der Waals surface area contributed by atoms with Gasteiger partial charge in [-0.25, -0.2) is 4.98 Å². The highest BCUT2D eigenvalue weighted by molar-refractivity contribution is 7.15. The van der Waals surface area contributed by atoms with Crippen LogP contribution in [-0.4, -0.2) is 55.8 Å². The van der Waals surface area contributed by atoms with Crippen molar-refractivity contribution in [1.29, 1.82) is 0 Å². The summed E-state index contributed by atoms with van der Waals surface area (Å²) in [6, 6.07) is 1.89. The van der Waals surface area contributed by atoms with E-state index < -0.39 is 0 Å². The first-order valence-corrected chi connectivity index (χ1v) is 8.48. The zero-order chi connectivity index (χ0) is 15.6. The number of thiazole rings is 1. The first-order valence-electron chi connectivity index (χ1n) is 7.60. The Labute approximate surface area is 137 Å². The van der Waals surface area contributed by atoms with E-state index in [1.54, 1.807) is 12.4 Å². The van der Waals surface area contributed by atoms with E-state index in [9.17, 15) is 4.79 Å². The van der Waals surface area contributed by atoms with Gasteiger partial charge in [-0.05, 0) is 12.5 Å². The summed E-state index contributed by atoms with van der Waals surface area (Å²) < 4.78 is 9.58. The summed E-state index contributed by atoms with van der Waals surface area (Å²) in [5.41, 5.74) is 0.497. The molecule has 23 heavy (non-hydrogen) atoms. The van der Waals surface area contributed by atoms with E-state index in [2.05, 4.69) is 10.1 Å². The molecule has 0 saturated carbocycles. The predicted octanol–water partition coefficient (Wildman–Crippen LogP) is 1.52. The molecule has 4 heterocycles. The van der Waals surface area contributed by atoms with Crippen molar-refractivity contribution in [2.24, 2.45) is 0 Å². The molecule has 3 aromatic rings. The van der Waals surface area contributed by atoms with Gasteiger partial charge in [0.2, 0.25) is 0 Å². The fourth-order valence-electron chi connectivity index (χ4n) is 2.80. The molecule has 4 rings (SSSR count). The SMILES string of the molecule is O=C(c1cn2ccsc2n1)N1CCCO[C@H](Cn2cccn2)C1. The van der Waals surface area contributed by atoms with Crippen molar-refractivity contribution >= 4 is 22.2 Å². The van der Waals surface area contributed by atoms with Crippen molar-refractivity contribution in [2.45, 2.75) is 19.1 Å². The van der Waals surface area contributed by atoms with Crippen molar-refractivity contribution in [1.82, 2.24) is 24.1 Å². The average Bonchev–Trinajstić information content (AvgIpc) is 3.22. The summed E-state index contributed by atoms with van der Waals surface area (Å²) in [4.78, 5) is 19.8. The highest BCUT2D eigenvalue weighted by Gasteiger charge is 2.25. The normalized spacial score (nSPS) is 19.1. The molecule has 7 nitrogen and oxygen atoms in total. The molecule has 0 aliphatic carbocycles. The van der Waals surface area contributed by atoms with E-state index in [0.717, 1.165) is 11.4 Å². The maximum atomic E-state index is 12.7. The van der Waals surface area contributed by atoms with Gasteiger partial charge in [0, 0.05) is 49.9 Å². The number of amides is 1. The predicted molar refractivity (Wildman–Crippen MR) is 85.6 cm³/mol. The van der Waals surface area contributed by atoms with Gasteiger partial charge in [-0.2, -0.15) is 5.10 Å². The minimum atomic E-state index is -0.0508. The molecule has 1 atom stereocenters. The van der Waals surface area contributed by atoms with Crippen LogP contribution in [0.2, 0.25) is 0 Å². The summed E-state index contributed by atoms with van der Waals surface area (Å²) in [5, 5.41) is 6.16. The fraction of sp³-hybridized carbons (Fsp3) is 0.400. The smallest absolute Gasteiger partial charge is 0.274 e. The Hall–Kier alpha value is -2.19. The number of carbonyl (C=O) groups is 1. The van der Waals surface area contributed by atoms with Gasteiger partial charge >= 0.3 is 0 Å². The molecule has 0 aromatic carbocycles. The molecule has 1 amide bonds. The zero-order valence-electron chi connectivity index (χ0n) is 12.5. The Morgan fingerprint density at radius 1 is 1.43 bits per heavy atom. The van der Waals surface area contributed by atoms with Crippen LogP contribution in [0.4, 0.5) is 0 Å². The number of nitrogens with zero attached hydrogens (tertiary/aromatic N) is 5. The van der Waals surface area contributed by atoms with Gasteiger partial charge in [0.05, 0.1) is 12.6 Å². The molecule has 0 radical (unpaired) electrons. The van der Waals surface area contributed by atoms with Crippen LogP contribution in [0.15, 0.2) is 36.2 Å². The lowest BCUT2D eigenvalue weighted by molar-refractivity contribution is 0.0366. The maximum Gasteiger partial charge on any atom is 0.274 e. The molecular formula is C15H17N5O2S. The Balaban J connectivity index is 1.49. The van der Waals surface area contributed by atoms with E-state index in [1.165, 1.54) is 11.3 Å². The molecular weight excluding hydrogens is 314 g/mol. The lowest BCUT2D eigenvalue weighted by Crippen LogP contribution is -2.38. The quantitative estimate of drug-likeness (QED) is 0.730. The van der Waals surface area contributed by atoms with Crippen LogP contribution in [-0.2, 0) is 11.3 Å². The summed E-state index contributed by atoms with van der Waals surface area (Å²) in [7, 11) is 0. The van der Waals surface area contributed by atoms with Crippen LogP contribution in [0.25, 0.3) is 4.96 Å². The van der Waals surface area contributed by atoms with Crippen LogP contribution < -0.4 is 0 Å². The lowest BCUT2D eigenvalue weighted by Gasteiger charge is -2.23. The molecule has 0 bridgehead atoms. The van der Waals surface area contributed by atoms with E-state index in [-0.39, 0.29) is 12.0 Å². The highest BCUT2D eigenvalue weighted by Crippen LogP contribution is 2.15. The first kappa shape index (κ1) is 14.4. The molecule has 1 fully saturated rings. The largest absolute Gasteiger partial charge is 0.374 e. The van der Waals surface area contributed by atoms with Crippen LogP contribution in [0.5, 0.6) is 0 Å². The second kappa shape index (κ2) is 6.13. The van der Waals surface area contributed by atoms with Crippen molar-refractivity contribution in [3.63, 3.8) is 0 Å². The monoisotopic (exact) mass is 331 g/mol. The third kappa shape index (κ3) is 2.99. The minimum Gasteiger partial charge on any atom is -0.374 e. The number of fused-ring (bicyclic) bond motifs is 1. The second-order valence-corrected chi connectivity index (χ2v) is 6.42. The minimum absolute atomic E-state index is 0.0307. The molecule has 8 heteroatoms. The second-order valence-electron chi connectivity index (χ2n) is 5.54. The van der Waals surface area contributed by atoms with Gasteiger partial charge in [0.1, 0.15) is 5.69 Å². The highest BCUT2D eigenvalue weighted by atomic mass is 32.1. The van der Waals surface area contributed by atoms with Gasteiger partial charge in [-0.3, -0.25) is 13.9 Å². The molecule has 0 spiro atoms. The Kier molecular flexibility index (Phi) is 3.84. The van der Waals surface area contributed by atoms with Gasteiger partial charge in [0.15, 0.2) is 4.96 Å². The van der Waals surface area contributed by atoms with E-state index in [4.69, 9.17) is 4.74 Å². The van der Waals surface area contributed by atoms with Crippen molar-refractivity contribution in [3.8, 4) is 0 Å². The Morgan fingerprint density at radius 2 is 2.39 bits per heavy atom. The number of aromatic nitrogens is 4. The van der Waals surface area contributed by atoms with Crippen LogP contribution in [0, 0.1) is 0 Å². The Bertz CT molecular complexity index is 765. The number of carbonyl (C=O) groups excluding carboxylic acids is 1. The van der Waals surface area contributed by atoms with Gasteiger partial charge in [0.25, 0.3) is 5.91 Å². The molecule has 1 aliphatic heterocycles. The zero-order valence-corrected chi connectivity index (χ0v) is 13.4. The number of hydrogen-bond donors (Lipinski definition) is 0. The maximum absolute atomic E-state index is 12.7. The van der Waals surface area contributed by atoms with Gasteiger partial charge in [-0.1, -0.05) is 0 Å². The number of hydrogen-bond acceptors (Lipinski definition) is 5. The molecule has 0 N–H and O–H groups in total. The lowest BCUT2D eigenvalue weighted by atomic mass is 10.3. The van der Waals surface area contributed by atoms with Crippen molar-refractivity contribution in [2.75, 3.05) is 19.7 Å². The number of rotatable bonds is 3. The van der Waals surface area contributed by atoms with Crippen LogP contribution in [0.3, 0.4) is 0 Å². The molecule has 3 aromatic heterocycles. The van der Waals surface area contributed by atoms with Gasteiger partial charge in [-0.15, -0.1) is 11.3 Å². The van der Waals surface area contributed by atoms with Crippen LogP contribution in [0.1, 0.15) is 16.9 Å². The topological polar surface area (TPSA) is 64.7 Å². The molecule has 120 valence electrons. The fourth-order valence-corrected chi connectivity index (χ4v) is 3.50. The van der Waals surface area contributed by atoms with Gasteiger partial charge < -0.3 is 9.64 Å². The van der Waals surface area contributed by atoms with E-state index >= 15 is 0 Å². The molecule has 1 saturated heterocycles.